The van der Waals surface area contributed by atoms with E-state index in [2.05, 4.69) is 15.3 Å². The summed E-state index contributed by atoms with van der Waals surface area (Å²) in [4.78, 5) is 0. The topological polar surface area (TPSA) is 72.5 Å². The second-order valence-electron chi connectivity index (χ2n) is 4.03. The van der Waals surface area contributed by atoms with Crippen LogP contribution in [0, 0.1) is 0 Å². The van der Waals surface area contributed by atoms with E-state index in [9.17, 15) is 8.78 Å². The molecule has 5 nitrogen and oxygen atoms in total. The molecule has 0 amide bonds. The van der Waals surface area contributed by atoms with Crippen LogP contribution in [0.4, 0.5) is 14.6 Å². The zero-order valence-electron chi connectivity index (χ0n) is 9.74. The minimum Gasteiger partial charge on any atom is -0.383 e. The maximum atomic E-state index is 13.0. The number of nitrogens with one attached hydrogen (secondary N) is 1. The number of nitrogens with zero attached hydrogens (tertiary/aromatic N) is 3. The number of nitrogen functional groups attached to an aromatic ring is 1. The molecule has 0 fully saturated rings. The van der Waals surface area contributed by atoms with E-state index in [0.29, 0.717) is 10.7 Å². The van der Waals surface area contributed by atoms with E-state index in [0.717, 1.165) is 0 Å². The van der Waals surface area contributed by atoms with Gasteiger partial charge in [0.25, 0.3) is 6.43 Å². The number of hydrogen-bond acceptors (Lipinski definition) is 3. The van der Waals surface area contributed by atoms with Crippen LogP contribution in [0.2, 0.25) is 10.0 Å². The fourth-order valence-corrected chi connectivity index (χ4v) is 2.42. The van der Waals surface area contributed by atoms with Crippen molar-refractivity contribution in [3.63, 3.8) is 0 Å². The third-order valence-electron chi connectivity index (χ3n) is 2.78. The van der Waals surface area contributed by atoms with Crippen molar-refractivity contribution in [2.45, 2.75) is 6.43 Å². The molecule has 0 saturated carbocycles. The normalized spacial score (nSPS) is 11.7. The summed E-state index contributed by atoms with van der Waals surface area (Å²) < 4.78 is 27.3. The van der Waals surface area contributed by atoms with E-state index in [4.69, 9.17) is 28.9 Å². The number of H-pyrrole nitrogens is 1. The van der Waals surface area contributed by atoms with Crippen LogP contribution in [0.5, 0.6) is 0 Å². The minimum absolute atomic E-state index is 0.0339. The molecule has 0 aliphatic heterocycles. The van der Waals surface area contributed by atoms with Gasteiger partial charge in [-0.25, -0.2) is 13.5 Å². The number of aromatic amines is 1. The fraction of sp³-hybridized carbons (Fsp3) is 0.0909. The monoisotopic (exact) mass is 317 g/mol. The summed E-state index contributed by atoms with van der Waals surface area (Å²) in [5.74, 6) is 0.0339. The smallest absolute Gasteiger partial charge is 0.282 e. The van der Waals surface area contributed by atoms with E-state index >= 15 is 0 Å². The van der Waals surface area contributed by atoms with Crippen molar-refractivity contribution in [2.75, 3.05) is 5.73 Å². The number of rotatable bonds is 2. The first-order valence-electron chi connectivity index (χ1n) is 5.45. The molecule has 3 aromatic rings. The molecular weight excluding hydrogens is 311 g/mol. The Kier molecular flexibility index (Phi) is 3.02. The quantitative estimate of drug-likeness (QED) is 0.758. The summed E-state index contributed by atoms with van der Waals surface area (Å²) in [5.41, 5.74) is 5.73. The number of hydrogen-bond donors (Lipinski definition) is 2. The Morgan fingerprint density at radius 2 is 2.05 bits per heavy atom. The summed E-state index contributed by atoms with van der Waals surface area (Å²) in [6, 6.07) is 4.63. The van der Waals surface area contributed by atoms with Crippen molar-refractivity contribution in [3.8, 4) is 5.69 Å². The highest BCUT2D eigenvalue weighted by molar-refractivity contribution is 6.35. The lowest BCUT2D eigenvalue weighted by Gasteiger charge is -2.04. The first-order valence-corrected chi connectivity index (χ1v) is 6.20. The first-order chi connectivity index (χ1) is 9.49. The number of benzene rings is 1. The molecule has 0 atom stereocenters. The van der Waals surface area contributed by atoms with Gasteiger partial charge in [0.1, 0.15) is 11.5 Å². The van der Waals surface area contributed by atoms with Crippen LogP contribution < -0.4 is 5.73 Å². The van der Waals surface area contributed by atoms with Crippen molar-refractivity contribution in [1.82, 2.24) is 20.0 Å². The summed E-state index contributed by atoms with van der Waals surface area (Å²) in [7, 11) is 0. The zero-order chi connectivity index (χ0) is 14.4. The van der Waals surface area contributed by atoms with E-state index in [1.165, 1.54) is 10.7 Å². The number of anilines is 1. The van der Waals surface area contributed by atoms with Gasteiger partial charge in [-0.05, 0) is 18.2 Å². The van der Waals surface area contributed by atoms with Crippen molar-refractivity contribution >= 4 is 40.1 Å². The Balaban J connectivity index is 2.31. The highest BCUT2D eigenvalue weighted by Crippen LogP contribution is 2.33. The third kappa shape index (κ3) is 1.90. The van der Waals surface area contributed by atoms with Crippen molar-refractivity contribution in [3.05, 3.63) is 33.9 Å². The van der Waals surface area contributed by atoms with Gasteiger partial charge < -0.3 is 5.73 Å². The maximum Gasteiger partial charge on any atom is 0.282 e. The average molecular weight is 318 g/mol. The molecular formula is C11H7Cl2F2N5. The molecule has 104 valence electrons. The van der Waals surface area contributed by atoms with Crippen LogP contribution in [-0.4, -0.2) is 20.0 Å². The van der Waals surface area contributed by atoms with Gasteiger partial charge in [-0.15, -0.1) is 0 Å². The van der Waals surface area contributed by atoms with E-state index in [-0.39, 0.29) is 21.9 Å². The molecule has 2 aromatic heterocycles. The van der Waals surface area contributed by atoms with Crippen LogP contribution in [0.15, 0.2) is 18.2 Å². The van der Waals surface area contributed by atoms with Gasteiger partial charge in [0.15, 0.2) is 5.65 Å². The molecule has 2 heterocycles. The van der Waals surface area contributed by atoms with Gasteiger partial charge in [-0.1, -0.05) is 23.2 Å². The number of halogens is 4. The van der Waals surface area contributed by atoms with Gasteiger partial charge in [0.05, 0.1) is 16.1 Å². The van der Waals surface area contributed by atoms with Crippen molar-refractivity contribution in [1.29, 1.82) is 0 Å². The number of alkyl halides is 2. The van der Waals surface area contributed by atoms with Crippen molar-refractivity contribution in [2.24, 2.45) is 0 Å². The molecule has 0 radical (unpaired) electrons. The van der Waals surface area contributed by atoms with Crippen LogP contribution in [-0.2, 0) is 0 Å². The Hall–Kier alpha value is -1.86. The Labute approximate surface area is 121 Å². The lowest BCUT2D eigenvalue weighted by Crippen LogP contribution is -2.00. The average Bonchev–Trinajstić information content (AvgIpc) is 2.91. The van der Waals surface area contributed by atoms with E-state index < -0.39 is 12.1 Å². The van der Waals surface area contributed by atoms with Crippen LogP contribution in [0.25, 0.3) is 16.7 Å². The third-order valence-corrected chi connectivity index (χ3v) is 3.32. The minimum atomic E-state index is -2.77. The number of fused-ring (bicyclic) bond motifs is 1. The zero-order valence-corrected chi connectivity index (χ0v) is 11.3. The SMILES string of the molecule is Nc1[nH]nc2c1c(C(F)F)nn2-c1ccc(Cl)cc1Cl. The van der Waals surface area contributed by atoms with Gasteiger partial charge in [0, 0.05) is 5.02 Å². The van der Waals surface area contributed by atoms with Gasteiger partial charge in [-0.3, -0.25) is 5.10 Å². The van der Waals surface area contributed by atoms with Gasteiger partial charge >= 0.3 is 0 Å². The van der Waals surface area contributed by atoms with E-state index in [1.807, 2.05) is 0 Å². The molecule has 0 unspecified atom stereocenters. The Morgan fingerprint density at radius 3 is 2.70 bits per heavy atom. The molecule has 0 aliphatic rings. The van der Waals surface area contributed by atoms with Gasteiger partial charge in [0.2, 0.25) is 0 Å². The van der Waals surface area contributed by atoms with E-state index in [1.54, 1.807) is 12.1 Å². The maximum absolute atomic E-state index is 13.0. The van der Waals surface area contributed by atoms with Gasteiger partial charge in [-0.2, -0.15) is 10.2 Å². The predicted molar refractivity (Wildman–Crippen MR) is 72.6 cm³/mol. The summed E-state index contributed by atoms with van der Waals surface area (Å²) in [5, 5.41) is 11.0. The largest absolute Gasteiger partial charge is 0.383 e. The number of aromatic nitrogens is 4. The Bertz CT molecular complexity index is 796. The summed E-state index contributed by atoms with van der Waals surface area (Å²) >= 11 is 11.9. The first kappa shape index (κ1) is 13.1. The predicted octanol–water partition coefficient (Wildman–Crippen LogP) is 3.58. The molecule has 3 rings (SSSR count). The molecule has 3 N–H and O–H groups in total. The lowest BCUT2D eigenvalue weighted by atomic mass is 10.3. The van der Waals surface area contributed by atoms with Crippen LogP contribution in [0.3, 0.4) is 0 Å². The molecule has 0 bridgehead atoms. The number of nitrogens with two attached hydrogens (primary N) is 1. The second kappa shape index (κ2) is 4.60. The molecule has 0 aliphatic carbocycles. The Morgan fingerprint density at radius 1 is 1.30 bits per heavy atom. The van der Waals surface area contributed by atoms with Crippen LogP contribution in [0.1, 0.15) is 12.1 Å². The lowest BCUT2D eigenvalue weighted by molar-refractivity contribution is 0.147. The van der Waals surface area contributed by atoms with Crippen LogP contribution >= 0.6 is 23.2 Å². The summed E-state index contributed by atoms with van der Waals surface area (Å²) in [6.07, 6.45) is -2.77. The molecule has 20 heavy (non-hydrogen) atoms. The molecule has 1 aromatic carbocycles. The molecule has 9 heteroatoms. The van der Waals surface area contributed by atoms with Crippen molar-refractivity contribution < 1.29 is 8.78 Å². The highest BCUT2D eigenvalue weighted by Gasteiger charge is 2.24. The summed E-state index contributed by atoms with van der Waals surface area (Å²) in [6.45, 7) is 0. The standard InChI is InChI=1S/C11H7Cl2F2N5/c12-4-1-2-6(5(13)3-4)20-11-7(10(16)17-18-11)8(19-20)9(14)15/h1-3,9H,(H3,16,17,18). The molecule has 0 saturated heterocycles. The second-order valence-corrected chi connectivity index (χ2v) is 4.87. The molecule has 0 spiro atoms. The highest BCUT2D eigenvalue weighted by atomic mass is 35.5. The fourth-order valence-electron chi connectivity index (χ4n) is 1.93.